The third-order valence-electron chi connectivity index (χ3n) is 6.51. The van der Waals surface area contributed by atoms with E-state index in [4.69, 9.17) is 15.1 Å². The molecule has 1 aliphatic rings. The number of benzene rings is 2. The molecule has 180 valence electrons. The number of phenols is 1. The van der Waals surface area contributed by atoms with E-state index in [-0.39, 0.29) is 12.1 Å². The zero-order valence-corrected chi connectivity index (χ0v) is 19.5. The Morgan fingerprint density at radius 2 is 1.86 bits per heavy atom. The summed E-state index contributed by atoms with van der Waals surface area (Å²) in [6, 6.07) is 11.2. The minimum Gasteiger partial charge on any atom is -0.508 e. The summed E-state index contributed by atoms with van der Waals surface area (Å²) in [5.74, 6) is -0.943. The van der Waals surface area contributed by atoms with Gasteiger partial charge in [-0.15, -0.1) is 0 Å². The summed E-state index contributed by atoms with van der Waals surface area (Å²) >= 11 is 0. The molecule has 9 heteroatoms. The lowest BCUT2D eigenvalue weighted by Crippen LogP contribution is -2.07. The second kappa shape index (κ2) is 8.67. The van der Waals surface area contributed by atoms with Crippen molar-refractivity contribution in [1.82, 2.24) is 24.7 Å². The molecule has 2 aromatic carbocycles. The van der Waals surface area contributed by atoms with E-state index in [9.17, 15) is 13.9 Å². The highest BCUT2D eigenvalue weighted by molar-refractivity contribution is 5.92. The summed E-state index contributed by atoms with van der Waals surface area (Å²) in [6.07, 6.45) is 6.25. The number of rotatable bonds is 5. The second-order valence-corrected chi connectivity index (χ2v) is 8.90. The van der Waals surface area contributed by atoms with Crippen LogP contribution < -0.4 is 5.32 Å². The highest BCUT2D eigenvalue weighted by Crippen LogP contribution is 2.34. The van der Waals surface area contributed by atoms with Crippen molar-refractivity contribution in [3.8, 4) is 17.3 Å². The van der Waals surface area contributed by atoms with Crippen LogP contribution in [0.25, 0.3) is 22.4 Å². The lowest BCUT2D eigenvalue weighted by Gasteiger charge is -2.13. The molecule has 3 aromatic heterocycles. The van der Waals surface area contributed by atoms with E-state index in [1.807, 2.05) is 37.3 Å². The average molecular weight is 485 g/mol. The molecule has 0 aliphatic heterocycles. The Morgan fingerprint density at radius 1 is 1.06 bits per heavy atom. The number of para-hydroxylation sites is 1. The van der Waals surface area contributed by atoms with Crippen LogP contribution in [0.15, 0.2) is 54.9 Å². The fourth-order valence-corrected chi connectivity index (χ4v) is 4.69. The van der Waals surface area contributed by atoms with Gasteiger partial charge in [-0.3, -0.25) is 9.67 Å². The van der Waals surface area contributed by atoms with Gasteiger partial charge in [0.2, 0.25) is 0 Å². The van der Waals surface area contributed by atoms with Crippen LogP contribution >= 0.6 is 0 Å². The lowest BCUT2D eigenvalue weighted by atomic mass is 10.1. The Hall–Kier alpha value is -4.40. The molecule has 0 saturated heterocycles. The van der Waals surface area contributed by atoms with E-state index in [2.05, 4.69) is 10.3 Å². The van der Waals surface area contributed by atoms with Gasteiger partial charge in [0.1, 0.15) is 28.9 Å². The van der Waals surface area contributed by atoms with Crippen molar-refractivity contribution >= 4 is 22.4 Å². The lowest BCUT2D eigenvalue weighted by molar-refractivity contribution is 0.454. The van der Waals surface area contributed by atoms with Crippen LogP contribution in [0.2, 0.25) is 0 Å². The van der Waals surface area contributed by atoms with Crippen molar-refractivity contribution in [2.75, 3.05) is 5.32 Å². The van der Waals surface area contributed by atoms with E-state index < -0.39 is 17.4 Å². The van der Waals surface area contributed by atoms with Gasteiger partial charge in [-0.1, -0.05) is 18.2 Å². The number of hydrogen-bond donors (Lipinski definition) is 2. The summed E-state index contributed by atoms with van der Waals surface area (Å²) in [4.78, 5) is 13.9. The highest BCUT2D eigenvalue weighted by atomic mass is 19.1. The van der Waals surface area contributed by atoms with Crippen LogP contribution in [-0.4, -0.2) is 29.8 Å². The van der Waals surface area contributed by atoms with Crippen LogP contribution in [0.5, 0.6) is 5.75 Å². The maximum absolute atomic E-state index is 14.5. The van der Waals surface area contributed by atoms with Crippen molar-refractivity contribution in [3.05, 3.63) is 88.9 Å². The van der Waals surface area contributed by atoms with E-state index in [0.29, 0.717) is 17.0 Å². The third kappa shape index (κ3) is 3.82. The Bertz CT molecular complexity index is 1610. The van der Waals surface area contributed by atoms with Gasteiger partial charge >= 0.3 is 0 Å². The van der Waals surface area contributed by atoms with Gasteiger partial charge in [-0.25, -0.2) is 18.7 Å². The molecule has 7 nitrogen and oxygen atoms in total. The minimum absolute atomic E-state index is 0.148. The predicted octanol–water partition coefficient (Wildman–Crippen LogP) is 5.46. The number of hydrogen-bond acceptors (Lipinski definition) is 6. The first kappa shape index (κ1) is 22.1. The fraction of sp³-hybridized carbons (Fsp3) is 0.185. The largest absolute Gasteiger partial charge is 0.508 e. The Labute approximate surface area is 205 Å². The zero-order chi connectivity index (χ0) is 24.8. The average Bonchev–Trinajstić information content (AvgIpc) is 3.48. The summed E-state index contributed by atoms with van der Waals surface area (Å²) in [5.41, 5.74) is 5.03. The van der Waals surface area contributed by atoms with E-state index in [1.165, 1.54) is 0 Å². The maximum atomic E-state index is 14.5. The Morgan fingerprint density at radius 3 is 2.67 bits per heavy atom. The normalized spacial score (nSPS) is 12.8. The third-order valence-corrected chi connectivity index (χ3v) is 6.51. The first-order valence-electron chi connectivity index (χ1n) is 11.7. The monoisotopic (exact) mass is 484 g/mol. The molecule has 1 aliphatic carbocycles. The molecule has 0 spiro atoms. The molecule has 0 fully saturated rings. The quantitative estimate of drug-likeness (QED) is 0.344. The number of nitrogens with zero attached hydrogens (tertiary/aromatic N) is 5. The maximum Gasteiger partial charge on any atom is 0.182 e. The molecule has 6 rings (SSSR count). The number of anilines is 2. The molecular weight excluding hydrogens is 462 g/mol. The summed E-state index contributed by atoms with van der Waals surface area (Å²) < 4.78 is 30.5. The van der Waals surface area contributed by atoms with Gasteiger partial charge in [0.15, 0.2) is 5.82 Å². The number of pyridine rings is 1. The molecular formula is C27H22F2N6O. The highest BCUT2D eigenvalue weighted by Gasteiger charge is 2.24. The van der Waals surface area contributed by atoms with Crippen molar-refractivity contribution < 1.29 is 13.9 Å². The van der Waals surface area contributed by atoms with E-state index >= 15 is 0 Å². The van der Waals surface area contributed by atoms with E-state index in [0.717, 1.165) is 65.1 Å². The van der Waals surface area contributed by atoms with Gasteiger partial charge in [-0.05, 0) is 43.9 Å². The SMILES string of the molecule is Cc1cnccc1Nc1nc(-c2nn(Cc3c(F)cc(O)cc3F)c3ccccc23)nc2c1CCC2. The van der Waals surface area contributed by atoms with Crippen LogP contribution in [0, 0.1) is 18.6 Å². The van der Waals surface area contributed by atoms with Gasteiger partial charge in [-0.2, -0.15) is 5.10 Å². The van der Waals surface area contributed by atoms with Gasteiger partial charge < -0.3 is 10.4 Å². The molecule has 0 saturated carbocycles. The first-order chi connectivity index (χ1) is 17.5. The number of aryl methyl sites for hydroxylation is 2. The summed E-state index contributed by atoms with van der Waals surface area (Å²) in [6.45, 7) is 1.83. The predicted molar refractivity (Wildman–Crippen MR) is 132 cm³/mol. The molecule has 0 bridgehead atoms. The molecule has 3 heterocycles. The molecule has 0 amide bonds. The fourth-order valence-electron chi connectivity index (χ4n) is 4.69. The number of fused-ring (bicyclic) bond motifs is 2. The van der Waals surface area contributed by atoms with Crippen LogP contribution in [0.3, 0.4) is 0 Å². The topological polar surface area (TPSA) is 88.8 Å². The molecule has 2 N–H and O–H groups in total. The first-order valence-corrected chi connectivity index (χ1v) is 11.7. The van der Waals surface area contributed by atoms with Crippen molar-refractivity contribution in [2.45, 2.75) is 32.7 Å². The Kier molecular flexibility index (Phi) is 5.32. The standard InChI is InChI=1S/C27H22F2N6O/c1-15-13-30-10-9-22(15)31-26-17-6-4-7-23(17)32-27(33-26)25-18-5-2-3-8-24(18)35(34-25)14-19-20(28)11-16(36)12-21(19)29/h2-3,5,8-13,36H,4,6-7,14H2,1H3,(H,30,31,32,33). The molecule has 36 heavy (non-hydrogen) atoms. The summed E-state index contributed by atoms with van der Waals surface area (Å²) in [5, 5.41) is 18.4. The van der Waals surface area contributed by atoms with Crippen LogP contribution in [-0.2, 0) is 19.4 Å². The number of aromatic hydroxyl groups is 1. The smallest absolute Gasteiger partial charge is 0.182 e. The minimum atomic E-state index is -0.832. The van der Waals surface area contributed by atoms with Crippen molar-refractivity contribution in [3.63, 3.8) is 0 Å². The van der Waals surface area contributed by atoms with Gasteiger partial charge in [0.25, 0.3) is 0 Å². The molecule has 5 aromatic rings. The summed E-state index contributed by atoms with van der Waals surface area (Å²) in [7, 11) is 0. The number of nitrogens with one attached hydrogen (secondary N) is 1. The van der Waals surface area contributed by atoms with Crippen molar-refractivity contribution in [2.24, 2.45) is 0 Å². The zero-order valence-electron chi connectivity index (χ0n) is 19.5. The molecule has 0 unspecified atom stereocenters. The number of aromatic nitrogens is 5. The molecule has 0 radical (unpaired) electrons. The number of phenolic OH excluding ortho intramolecular Hbond substituents is 1. The van der Waals surface area contributed by atoms with E-state index in [1.54, 1.807) is 17.1 Å². The van der Waals surface area contributed by atoms with Crippen molar-refractivity contribution in [1.29, 1.82) is 0 Å². The van der Waals surface area contributed by atoms with Crippen LogP contribution in [0.1, 0.15) is 28.8 Å². The molecule has 0 atom stereocenters. The van der Waals surface area contributed by atoms with Gasteiger partial charge in [0.05, 0.1) is 12.1 Å². The second-order valence-electron chi connectivity index (χ2n) is 8.90. The number of halogens is 2. The Balaban J connectivity index is 1.47. The van der Waals surface area contributed by atoms with Crippen LogP contribution in [0.4, 0.5) is 20.3 Å². The van der Waals surface area contributed by atoms with Gasteiger partial charge in [0, 0.05) is 52.4 Å².